The molecule has 4 rings (SSSR count). The molecule has 0 radical (unpaired) electrons. The average Bonchev–Trinajstić information content (AvgIpc) is 3.16. The molecular weight excluding hydrogens is 448 g/mol. The van der Waals surface area contributed by atoms with Gasteiger partial charge >= 0.3 is 6.09 Å². The molecule has 0 atom stereocenters. The van der Waals surface area contributed by atoms with Crippen molar-refractivity contribution >= 4 is 45.2 Å². The third-order valence-electron chi connectivity index (χ3n) is 5.10. The number of fused-ring (bicyclic) bond motifs is 1. The van der Waals surface area contributed by atoms with Gasteiger partial charge in [0.2, 0.25) is 0 Å². The Morgan fingerprint density at radius 2 is 1.97 bits per heavy atom. The summed E-state index contributed by atoms with van der Waals surface area (Å²) in [5, 5.41) is 4.31. The number of carbonyl (C=O) groups excluding carboxylic acids is 2. The van der Waals surface area contributed by atoms with Crippen LogP contribution in [0.1, 0.15) is 44.0 Å². The predicted octanol–water partition coefficient (Wildman–Crippen LogP) is 5.14. The first-order valence-corrected chi connectivity index (χ1v) is 11.7. The molecular formula is C23H25ClN4O3S. The highest BCUT2D eigenvalue weighted by Crippen LogP contribution is 2.31. The Bertz CT molecular complexity index is 1150. The van der Waals surface area contributed by atoms with Crippen molar-refractivity contribution in [3.63, 3.8) is 0 Å². The molecule has 0 aliphatic carbocycles. The number of nitrogens with one attached hydrogen (secondary N) is 1. The van der Waals surface area contributed by atoms with Crippen molar-refractivity contribution in [2.45, 2.75) is 45.3 Å². The van der Waals surface area contributed by atoms with E-state index in [1.165, 1.54) is 11.3 Å². The molecule has 32 heavy (non-hydrogen) atoms. The van der Waals surface area contributed by atoms with E-state index >= 15 is 0 Å². The lowest BCUT2D eigenvalue weighted by molar-refractivity contribution is 0.0199. The number of benzene rings is 1. The van der Waals surface area contributed by atoms with E-state index in [4.69, 9.17) is 16.3 Å². The van der Waals surface area contributed by atoms with E-state index in [0.717, 1.165) is 20.8 Å². The zero-order valence-electron chi connectivity index (χ0n) is 18.2. The third kappa shape index (κ3) is 5.37. The summed E-state index contributed by atoms with van der Waals surface area (Å²) in [7, 11) is 0. The molecule has 1 aromatic carbocycles. The number of hydrogen-bond acceptors (Lipinski definition) is 6. The van der Waals surface area contributed by atoms with Crippen LogP contribution in [0, 0.1) is 0 Å². The van der Waals surface area contributed by atoms with E-state index in [2.05, 4.69) is 15.3 Å². The van der Waals surface area contributed by atoms with Crippen LogP contribution >= 0.6 is 22.9 Å². The van der Waals surface area contributed by atoms with E-state index in [0.29, 0.717) is 36.6 Å². The molecule has 1 fully saturated rings. The van der Waals surface area contributed by atoms with Gasteiger partial charge in [-0.25, -0.2) is 14.8 Å². The van der Waals surface area contributed by atoms with Crippen molar-refractivity contribution in [3.8, 4) is 10.6 Å². The Morgan fingerprint density at radius 3 is 2.69 bits per heavy atom. The Labute approximate surface area is 195 Å². The van der Waals surface area contributed by atoms with Crippen LogP contribution in [-0.2, 0) is 4.74 Å². The lowest BCUT2D eigenvalue weighted by Gasteiger charge is -2.33. The smallest absolute Gasteiger partial charge is 0.410 e. The van der Waals surface area contributed by atoms with Gasteiger partial charge in [-0.15, -0.1) is 11.3 Å². The first kappa shape index (κ1) is 22.5. The Balaban J connectivity index is 1.39. The van der Waals surface area contributed by atoms with Gasteiger partial charge in [0.05, 0.1) is 10.2 Å². The molecule has 3 aromatic rings. The lowest BCUT2D eigenvalue weighted by atomic mass is 10.0. The molecule has 2 aromatic heterocycles. The number of thiazole rings is 1. The number of amides is 2. The van der Waals surface area contributed by atoms with E-state index in [1.54, 1.807) is 23.2 Å². The molecule has 0 unspecified atom stereocenters. The van der Waals surface area contributed by atoms with Crippen LogP contribution in [0.25, 0.3) is 20.8 Å². The molecule has 0 spiro atoms. The summed E-state index contributed by atoms with van der Waals surface area (Å²) in [5.74, 6) is -0.131. The van der Waals surface area contributed by atoms with Crippen molar-refractivity contribution in [1.29, 1.82) is 0 Å². The van der Waals surface area contributed by atoms with Crippen molar-refractivity contribution in [1.82, 2.24) is 20.2 Å². The van der Waals surface area contributed by atoms with Crippen molar-refractivity contribution in [2.24, 2.45) is 0 Å². The Kier molecular flexibility index (Phi) is 6.35. The Hall–Kier alpha value is -2.71. The molecule has 0 saturated carbocycles. The fraction of sp³-hybridized carbons (Fsp3) is 0.391. The topological polar surface area (TPSA) is 84.4 Å². The lowest BCUT2D eigenvalue weighted by Crippen LogP contribution is -2.47. The summed E-state index contributed by atoms with van der Waals surface area (Å²) < 4.78 is 6.37. The van der Waals surface area contributed by atoms with Crippen LogP contribution in [-0.4, -0.2) is 51.6 Å². The van der Waals surface area contributed by atoms with E-state index in [9.17, 15) is 9.59 Å². The minimum atomic E-state index is -0.515. The van der Waals surface area contributed by atoms with Gasteiger partial charge in [-0.3, -0.25) is 4.79 Å². The van der Waals surface area contributed by atoms with Crippen molar-refractivity contribution in [3.05, 3.63) is 47.2 Å². The minimum Gasteiger partial charge on any atom is -0.444 e. The molecule has 9 heteroatoms. The monoisotopic (exact) mass is 472 g/mol. The first-order chi connectivity index (χ1) is 15.2. The number of piperidine rings is 1. The fourth-order valence-corrected chi connectivity index (χ4v) is 4.59. The van der Waals surface area contributed by atoms with Gasteiger partial charge in [0, 0.05) is 42.5 Å². The molecule has 0 bridgehead atoms. The second-order valence-corrected chi connectivity index (χ2v) is 10.2. The number of carbonyl (C=O) groups is 2. The van der Waals surface area contributed by atoms with Gasteiger partial charge in [0.25, 0.3) is 5.91 Å². The SMILES string of the molecule is CC(C)(C)OC(=O)N1CCC(NC(=O)c2cccc(-c3nc4cc(Cl)ncc4s3)c2)CC1. The number of hydrogen-bond donors (Lipinski definition) is 1. The molecule has 7 nitrogen and oxygen atoms in total. The summed E-state index contributed by atoms with van der Waals surface area (Å²) >= 11 is 7.47. The van der Waals surface area contributed by atoms with Crippen LogP contribution in [0.2, 0.25) is 5.15 Å². The predicted molar refractivity (Wildman–Crippen MR) is 126 cm³/mol. The van der Waals surface area contributed by atoms with Gasteiger partial charge in [-0.05, 0) is 45.7 Å². The summed E-state index contributed by atoms with van der Waals surface area (Å²) in [6, 6.07) is 9.17. The summed E-state index contributed by atoms with van der Waals surface area (Å²) in [6.45, 7) is 6.68. The summed E-state index contributed by atoms with van der Waals surface area (Å²) in [5.41, 5.74) is 1.72. The van der Waals surface area contributed by atoms with E-state index < -0.39 is 5.60 Å². The molecule has 1 aliphatic rings. The van der Waals surface area contributed by atoms with Gasteiger partial charge in [-0.2, -0.15) is 0 Å². The molecule has 1 aliphatic heterocycles. The second kappa shape index (κ2) is 9.03. The number of ether oxygens (including phenoxy) is 1. The first-order valence-electron chi connectivity index (χ1n) is 10.5. The fourth-order valence-electron chi connectivity index (χ4n) is 3.53. The maximum Gasteiger partial charge on any atom is 0.410 e. The van der Waals surface area contributed by atoms with E-state index in [1.807, 2.05) is 39.0 Å². The average molecular weight is 473 g/mol. The van der Waals surface area contributed by atoms with E-state index in [-0.39, 0.29) is 18.0 Å². The van der Waals surface area contributed by atoms with Crippen molar-refractivity contribution < 1.29 is 14.3 Å². The van der Waals surface area contributed by atoms with Gasteiger partial charge in [0.15, 0.2) is 0 Å². The van der Waals surface area contributed by atoms with Crippen LogP contribution in [0.5, 0.6) is 0 Å². The number of likely N-dealkylation sites (tertiary alicyclic amines) is 1. The Morgan fingerprint density at radius 1 is 1.22 bits per heavy atom. The van der Waals surface area contributed by atoms with Crippen LogP contribution in [0.3, 0.4) is 0 Å². The summed E-state index contributed by atoms with van der Waals surface area (Å²) in [4.78, 5) is 35.5. The molecule has 2 amide bonds. The van der Waals surface area contributed by atoms with Gasteiger partial charge in [0.1, 0.15) is 15.8 Å². The molecule has 3 heterocycles. The number of aromatic nitrogens is 2. The van der Waals surface area contributed by atoms with Crippen LogP contribution in [0.4, 0.5) is 4.79 Å². The number of nitrogens with zero attached hydrogens (tertiary/aromatic N) is 3. The number of rotatable bonds is 3. The van der Waals surface area contributed by atoms with Crippen LogP contribution in [0.15, 0.2) is 36.5 Å². The second-order valence-electron chi connectivity index (χ2n) is 8.79. The summed E-state index contributed by atoms with van der Waals surface area (Å²) in [6.07, 6.45) is 2.79. The van der Waals surface area contributed by atoms with Gasteiger partial charge in [-0.1, -0.05) is 23.7 Å². The molecule has 1 saturated heterocycles. The third-order valence-corrected chi connectivity index (χ3v) is 6.36. The zero-order valence-corrected chi connectivity index (χ0v) is 19.8. The maximum atomic E-state index is 12.9. The minimum absolute atomic E-state index is 0.0144. The van der Waals surface area contributed by atoms with Crippen LogP contribution < -0.4 is 5.32 Å². The van der Waals surface area contributed by atoms with Crippen molar-refractivity contribution in [2.75, 3.05) is 13.1 Å². The highest BCUT2D eigenvalue weighted by molar-refractivity contribution is 7.21. The largest absolute Gasteiger partial charge is 0.444 e. The highest BCUT2D eigenvalue weighted by Gasteiger charge is 2.27. The zero-order chi connectivity index (χ0) is 22.9. The normalized spacial score (nSPS) is 15.1. The molecule has 168 valence electrons. The number of pyridine rings is 1. The standard InChI is InChI=1S/C23H25ClN4O3S/c1-23(2,3)31-22(30)28-9-7-16(8-10-28)26-20(29)14-5-4-6-15(11-14)21-27-17-12-19(24)25-13-18(17)32-21/h4-6,11-13,16H,7-10H2,1-3H3,(H,26,29). The molecule has 1 N–H and O–H groups in total. The number of halogens is 1. The quantitative estimate of drug-likeness (QED) is 0.533. The maximum absolute atomic E-state index is 12.9. The van der Waals surface area contributed by atoms with Gasteiger partial charge < -0.3 is 15.0 Å². The highest BCUT2D eigenvalue weighted by atomic mass is 35.5.